The zero-order chi connectivity index (χ0) is 32.3. The Labute approximate surface area is 268 Å². The second-order valence-electron chi connectivity index (χ2n) is 12.6. The SMILES string of the molecule is CNC(=O)c1ccc(NCC#Cc2cc3c(N[C@H]4CC[C@@H](N5CCC6(CCO6)CC5)CC4)cccc3n2CC(F)(F)F)c(OC)c1. The van der Waals surface area contributed by atoms with Crippen LogP contribution >= 0.6 is 0 Å². The Morgan fingerprint density at radius 1 is 1.07 bits per heavy atom. The highest BCUT2D eigenvalue weighted by atomic mass is 19.4. The van der Waals surface area contributed by atoms with Crippen molar-refractivity contribution in [3.8, 4) is 17.6 Å². The monoisotopic (exact) mass is 637 g/mol. The van der Waals surface area contributed by atoms with Gasteiger partial charge in [0, 0.05) is 48.9 Å². The first kappa shape index (κ1) is 32.1. The number of benzene rings is 2. The molecule has 3 aliphatic rings. The summed E-state index contributed by atoms with van der Waals surface area (Å²) < 4.78 is 53.7. The topological polar surface area (TPSA) is 79.8 Å². The van der Waals surface area contributed by atoms with Gasteiger partial charge >= 0.3 is 6.18 Å². The van der Waals surface area contributed by atoms with Crippen molar-refractivity contribution >= 4 is 28.2 Å². The minimum absolute atomic E-state index is 0.158. The molecule has 8 nitrogen and oxygen atoms in total. The first-order chi connectivity index (χ1) is 22.2. The molecule has 1 aliphatic carbocycles. The van der Waals surface area contributed by atoms with Crippen molar-refractivity contribution in [1.82, 2.24) is 14.8 Å². The minimum Gasteiger partial charge on any atom is -0.495 e. The molecule has 2 saturated heterocycles. The van der Waals surface area contributed by atoms with Gasteiger partial charge in [0.25, 0.3) is 5.91 Å². The van der Waals surface area contributed by atoms with Gasteiger partial charge in [-0.15, -0.1) is 0 Å². The van der Waals surface area contributed by atoms with E-state index in [0.29, 0.717) is 34.3 Å². The van der Waals surface area contributed by atoms with Crippen molar-refractivity contribution in [2.45, 2.75) is 75.4 Å². The van der Waals surface area contributed by atoms with Gasteiger partial charge in [0.15, 0.2) is 0 Å². The molecule has 1 aromatic heterocycles. The molecule has 2 aliphatic heterocycles. The zero-order valence-corrected chi connectivity index (χ0v) is 26.4. The van der Waals surface area contributed by atoms with Gasteiger partial charge in [0.2, 0.25) is 0 Å². The maximum atomic E-state index is 13.7. The maximum Gasteiger partial charge on any atom is 0.406 e. The Morgan fingerprint density at radius 3 is 2.48 bits per heavy atom. The number of rotatable bonds is 8. The molecule has 3 N–H and O–H groups in total. The Morgan fingerprint density at radius 2 is 1.83 bits per heavy atom. The van der Waals surface area contributed by atoms with Gasteiger partial charge in [0.05, 0.1) is 42.8 Å². The summed E-state index contributed by atoms with van der Waals surface area (Å²) in [5, 5.41) is 10.1. The summed E-state index contributed by atoms with van der Waals surface area (Å²) in [7, 11) is 3.05. The normalized spacial score (nSPS) is 21.2. The Hall–Kier alpha value is -3.88. The fourth-order valence-corrected chi connectivity index (χ4v) is 7.15. The third-order valence-electron chi connectivity index (χ3n) is 9.81. The highest BCUT2D eigenvalue weighted by Gasteiger charge is 2.42. The van der Waals surface area contributed by atoms with Crippen molar-refractivity contribution in [3.63, 3.8) is 0 Å². The number of likely N-dealkylation sites (tertiary alicyclic amines) is 1. The lowest BCUT2D eigenvalue weighted by Gasteiger charge is -2.50. The molecular formula is C35H42F3N5O3. The van der Waals surface area contributed by atoms with Gasteiger partial charge in [-0.05, 0) is 87.3 Å². The van der Waals surface area contributed by atoms with Crippen LogP contribution in [-0.4, -0.2) is 79.6 Å². The van der Waals surface area contributed by atoms with Crippen LogP contribution in [0.25, 0.3) is 10.9 Å². The average molecular weight is 638 g/mol. The second kappa shape index (κ2) is 13.5. The number of alkyl halides is 3. The van der Waals surface area contributed by atoms with E-state index >= 15 is 0 Å². The third kappa shape index (κ3) is 7.08. The van der Waals surface area contributed by atoms with Crippen LogP contribution in [0.1, 0.15) is 61.0 Å². The maximum absolute atomic E-state index is 13.7. The molecule has 3 aromatic rings. The molecule has 0 bridgehead atoms. The largest absolute Gasteiger partial charge is 0.495 e. The molecule has 0 radical (unpaired) electrons. The van der Waals surface area contributed by atoms with E-state index in [1.807, 2.05) is 12.1 Å². The molecule has 1 saturated carbocycles. The molecule has 6 rings (SSSR count). The van der Waals surface area contributed by atoms with Gasteiger partial charge in [-0.1, -0.05) is 12.0 Å². The highest BCUT2D eigenvalue weighted by Crippen LogP contribution is 2.39. The van der Waals surface area contributed by atoms with E-state index in [9.17, 15) is 18.0 Å². The van der Waals surface area contributed by atoms with Gasteiger partial charge in [-0.2, -0.15) is 13.2 Å². The van der Waals surface area contributed by atoms with Crippen LogP contribution < -0.4 is 20.7 Å². The molecule has 0 unspecified atom stereocenters. The molecule has 1 spiro atoms. The first-order valence-electron chi connectivity index (χ1n) is 16.1. The molecule has 11 heteroatoms. The number of methoxy groups -OCH3 is 1. The van der Waals surface area contributed by atoms with Gasteiger partial charge in [0.1, 0.15) is 12.3 Å². The average Bonchev–Trinajstić information content (AvgIpc) is 3.38. The smallest absolute Gasteiger partial charge is 0.406 e. The number of halogens is 3. The molecule has 3 fully saturated rings. The number of carbonyl (C=O) groups excluding carboxylic acids is 1. The number of piperidine rings is 1. The van der Waals surface area contributed by atoms with E-state index in [2.05, 4.69) is 32.7 Å². The van der Waals surface area contributed by atoms with Crippen LogP contribution in [-0.2, 0) is 11.3 Å². The number of aromatic nitrogens is 1. The number of amides is 1. The fraction of sp³-hybridized carbons (Fsp3) is 0.514. The lowest BCUT2D eigenvalue weighted by molar-refractivity contribution is -0.176. The molecule has 3 heterocycles. The zero-order valence-electron chi connectivity index (χ0n) is 26.4. The standard InChI is InChI=1S/C35H42F3N5O3/c1-39-33(44)24-8-13-30(32(21-24)45-2)40-17-4-5-27-22-28-29(6-3-7-31(28)43(27)23-35(36,37)38)41-25-9-11-26(12-10-25)42-18-14-34(15-19-42)16-20-46-34/h3,6-8,13,21-22,25-26,40-41H,9-12,14-20,23H2,1-2H3,(H,39,44)/t25-,26+. The van der Waals surface area contributed by atoms with Crippen molar-refractivity contribution in [2.24, 2.45) is 0 Å². The number of nitrogens with one attached hydrogen (secondary N) is 3. The van der Waals surface area contributed by atoms with Crippen LogP contribution in [0.15, 0.2) is 42.5 Å². The summed E-state index contributed by atoms with van der Waals surface area (Å²) in [6.07, 6.45) is 3.32. The minimum atomic E-state index is -4.40. The van der Waals surface area contributed by atoms with E-state index in [1.165, 1.54) is 18.1 Å². The number of fused-ring (bicyclic) bond motifs is 1. The predicted octanol–water partition coefficient (Wildman–Crippen LogP) is 6.01. The fourth-order valence-electron chi connectivity index (χ4n) is 7.15. The van der Waals surface area contributed by atoms with Gasteiger partial charge in [-0.25, -0.2) is 0 Å². The summed E-state index contributed by atoms with van der Waals surface area (Å²) in [5.41, 5.74) is 2.87. The van der Waals surface area contributed by atoms with Crippen molar-refractivity contribution in [1.29, 1.82) is 0 Å². The Bertz CT molecular complexity index is 1600. The quantitative estimate of drug-likeness (QED) is 0.263. The van der Waals surface area contributed by atoms with Crippen LogP contribution in [0.2, 0.25) is 0 Å². The number of hydrogen-bond donors (Lipinski definition) is 3. The number of nitrogens with zero attached hydrogens (tertiary/aromatic N) is 2. The van der Waals surface area contributed by atoms with Gasteiger partial charge < -0.3 is 34.9 Å². The van der Waals surface area contributed by atoms with E-state index in [0.717, 1.165) is 69.3 Å². The van der Waals surface area contributed by atoms with Crippen molar-refractivity contribution < 1.29 is 27.4 Å². The predicted molar refractivity (Wildman–Crippen MR) is 174 cm³/mol. The lowest BCUT2D eigenvalue weighted by atomic mass is 9.82. The number of carbonyl (C=O) groups is 1. The van der Waals surface area contributed by atoms with E-state index in [-0.39, 0.29) is 24.1 Å². The molecule has 46 heavy (non-hydrogen) atoms. The summed E-state index contributed by atoms with van der Waals surface area (Å²) >= 11 is 0. The number of hydrogen-bond acceptors (Lipinski definition) is 6. The molecule has 2 aromatic carbocycles. The number of ether oxygens (including phenoxy) is 2. The van der Waals surface area contributed by atoms with Crippen molar-refractivity contribution in [2.75, 3.05) is 51.0 Å². The summed E-state index contributed by atoms with van der Waals surface area (Å²) in [6.45, 7) is 2.15. The summed E-state index contributed by atoms with van der Waals surface area (Å²) in [6, 6.07) is 13.1. The van der Waals surface area contributed by atoms with E-state index < -0.39 is 12.7 Å². The molecule has 1 amide bonds. The van der Waals surface area contributed by atoms with Crippen molar-refractivity contribution in [3.05, 3.63) is 53.7 Å². The van der Waals surface area contributed by atoms with E-state index in [1.54, 1.807) is 37.4 Å². The third-order valence-corrected chi connectivity index (χ3v) is 9.81. The van der Waals surface area contributed by atoms with Crippen LogP contribution in [0.4, 0.5) is 24.5 Å². The molecular weight excluding hydrogens is 595 g/mol. The highest BCUT2D eigenvalue weighted by molar-refractivity contribution is 5.95. The van der Waals surface area contributed by atoms with Crippen LogP contribution in [0.3, 0.4) is 0 Å². The van der Waals surface area contributed by atoms with Crippen LogP contribution in [0.5, 0.6) is 5.75 Å². The molecule has 246 valence electrons. The Kier molecular flexibility index (Phi) is 9.39. The van der Waals surface area contributed by atoms with E-state index in [4.69, 9.17) is 9.47 Å². The lowest BCUT2D eigenvalue weighted by Crippen LogP contribution is -2.54. The molecule has 0 atom stereocenters. The Balaban J connectivity index is 1.13. The number of anilines is 2. The summed E-state index contributed by atoms with van der Waals surface area (Å²) in [5.74, 6) is 6.16. The second-order valence-corrected chi connectivity index (χ2v) is 12.6. The first-order valence-corrected chi connectivity index (χ1v) is 16.1. The van der Waals surface area contributed by atoms with Gasteiger partial charge in [-0.3, -0.25) is 4.79 Å². The van der Waals surface area contributed by atoms with Crippen LogP contribution in [0, 0.1) is 11.8 Å². The summed E-state index contributed by atoms with van der Waals surface area (Å²) in [4.78, 5) is 14.6.